The van der Waals surface area contributed by atoms with Gasteiger partial charge in [0.15, 0.2) is 5.76 Å². The zero-order chi connectivity index (χ0) is 17.5. The summed E-state index contributed by atoms with van der Waals surface area (Å²) in [5, 5.41) is 4.54. The molecule has 0 atom stereocenters. The highest BCUT2D eigenvalue weighted by Crippen LogP contribution is 2.25. The van der Waals surface area contributed by atoms with E-state index < -0.39 is 0 Å². The zero-order valence-electron chi connectivity index (χ0n) is 14.3. The van der Waals surface area contributed by atoms with Crippen LogP contribution in [0, 0.1) is 6.92 Å². The average molecular weight is 347 g/mol. The Balaban J connectivity index is 1.59. The summed E-state index contributed by atoms with van der Waals surface area (Å²) in [4.78, 5) is 20.3. The Hall–Kier alpha value is -3.29. The maximum absolute atomic E-state index is 5.38. The summed E-state index contributed by atoms with van der Waals surface area (Å²) in [6, 6.07) is 5.55. The molecule has 0 amide bonds. The van der Waals surface area contributed by atoms with E-state index in [-0.39, 0.29) is 0 Å². The van der Waals surface area contributed by atoms with Gasteiger partial charge in [0, 0.05) is 31.0 Å². The molecule has 1 aliphatic rings. The van der Waals surface area contributed by atoms with Crippen molar-refractivity contribution in [3.8, 4) is 22.8 Å². The van der Waals surface area contributed by atoms with Gasteiger partial charge in [-0.15, -0.1) is 5.10 Å². The first-order chi connectivity index (χ1) is 12.8. The Bertz CT molecular complexity index is 1060. The largest absolute Gasteiger partial charge is 0.461 e. The maximum atomic E-state index is 5.38. The second kappa shape index (κ2) is 5.91. The molecule has 4 aromatic rings. The van der Waals surface area contributed by atoms with E-state index in [1.165, 1.54) is 12.8 Å². The lowest BCUT2D eigenvalue weighted by Gasteiger charge is -2.15. The van der Waals surface area contributed by atoms with Crippen LogP contribution in [0.4, 0.5) is 5.95 Å². The van der Waals surface area contributed by atoms with Crippen molar-refractivity contribution in [1.29, 1.82) is 0 Å². The summed E-state index contributed by atoms with van der Waals surface area (Å²) in [7, 11) is 0. The highest BCUT2D eigenvalue weighted by molar-refractivity contribution is 5.64. The molecule has 5 heterocycles. The van der Waals surface area contributed by atoms with Crippen LogP contribution in [0.1, 0.15) is 18.5 Å². The van der Waals surface area contributed by atoms with E-state index in [4.69, 9.17) is 9.40 Å². The first kappa shape index (κ1) is 15.0. The molecule has 8 heteroatoms. The third kappa shape index (κ3) is 2.42. The van der Waals surface area contributed by atoms with E-state index in [2.05, 4.69) is 25.0 Å². The Morgan fingerprint density at radius 1 is 1.08 bits per heavy atom. The van der Waals surface area contributed by atoms with Crippen molar-refractivity contribution in [2.45, 2.75) is 19.8 Å². The number of nitrogens with zero attached hydrogens (tertiary/aromatic N) is 7. The molecule has 0 N–H and O–H groups in total. The number of furan rings is 1. The third-order valence-electron chi connectivity index (χ3n) is 4.66. The molecule has 0 bridgehead atoms. The number of rotatable bonds is 3. The molecule has 0 saturated carbocycles. The van der Waals surface area contributed by atoms with Gasteiger partial charge < -0.3 is 9.32 Å². The SMILES string of the molecule is Cc1c(-c2ccnc(N3CCCC3)n2)cnc2nc(-c3ccco3)nn12. The van der Waals surface area contributed by atoms with Crippen molar-refractivity contribution in [2.75, 3.05) is 18.0 Å². The molecule has 4 aromatic heterocycles. The van der Waals surface area contributed by atoms with Crippen LogP contribution in [0.15, 0.2) is 41.3 Å². The number of fused-ring (bicyclic) bond motifs is 1. The van der Waals surface area contributed by atoms with E-state index in [0.717, 1.165) is 36.0 Å². The van der Waals surface area contributed by atoms with Crippen LogP contribution in [0.3, 0.4) is 0 Å². The highest BCUT2D eigenvalue weighted by Gasteiger charge is 2.18. The summed E-state index contributed by atoms with van der Waals surface area (Å²) in [6.07, 6.45) is 7.58. The predicted molar refractivity (Wildman–Crippen MR) is 95.7 cm³/mol. The van der Waals surface area contributed by atoms with Gasteiger partial charge >= 0.3 is 0 Å². The normalized spacial score (nSPS) is 14.4. The second-order valence-corrected chi connectivity index (χ2v) is 6.32. The number of aryl methyl sites for hydroxylation is 1. The van der Waals surface area contributed by atoms with Gasteiger partial charge in [0.25, 0.3) is 5.78 Å². The number of hydrogen-bond donors (Lipinski definition) is 0. The minimum Gasteiger partial charge on any atom is -0.461 e. The van der Waals surface area contributed by atoms with Gasteiger partial charge in [-0.1, -0.05) is 0 Å². The fraction of sp³-hybridized carbons (Fsp3) is 0.278. The topological polar surface area (TPSA) is 85.2 Å². The van der Waals surface area contributed by atoms with E-state index in [9.17, 15) is 0 Å². The van der Waals surface area contributed by atoms with Crippen molar-refractivity contribution in [2.24, 2.45) is 0 Å². The smallest absolute Gasteiger partial charge is 0.253 e. The first-order valence-electron chi connectivity index (χ1n) is 8.64. The van der Waals surface area contributed by atoms with Crippen molar-refractivity contribution in [3.05, 3.63) is 42.5 Å². The summed E-state index contributed by atoms with van der Waals surface area (Å²) >= 11 is 0. The second-order valence-electron chi connectivity index (χ2n) is 6.32. The minimum absolute atomic E-state index is 0.517. The quantitative estimate of drug-likeness (QED) is 0.563. The lowest BCUT2D eigenvalue weighted by molar-refractivity contribution is 0.577. The monoisotopic (exact) mass is 347 g/mol. The molecule has 0 aliphatic carbocycles. The van der Waals surface area contributed by atoms with Gasteiger partial charge in [-0.2, -0.15) is 4.98 Å². The Morgan fingerprint density at radius 3 is 2.77 bits per heavy atom. The molecule has 1 saturated heterocycles. The van der Waals surface area contributed by atoms with Gasteiger partial charge in [-0.05, 0) is 38.0 Å². The molecular weight excluding hydrogens is 330 g/mol. The van der Waals surface area contributed by atoms with Crippen LogP contribution in [0.2, 0.25) is 0 Å². The van der Waals surface area contributed by atoms with Crippen LogP contribution < -0.4 is 4.90 Å². The summed E-state index contributed by atoms with van der Waals surface area (Å²) in [6.45, 7) is 4.01. The number of hydrogen-bond acceptors (Lipinski definition) is 7. The van der Waals surface area contributed by atoms with Crippen LogP contribution >= 0.6 is 0 Å². The standard InChI is InChI=1S/C18H17N7O/c1-12-13(14-6-7-19-17(21-14)24-8-2-3-9-24)11-20-18-22-16(23-25(12)18)15-5-4-10-26-15/h4-7,10-11H,2-3,8-9H2,1H3. The van der Waals surface area contributed by atoms with Crippen molar-refractivity contribution < 1.29 is 4.42 Å². The highest BCUT2D eigenvalue weighted by atomic mass is 16.3. The van der Waals surface area contributed by atoms with Gasteiger partial charge in [-0.3, -0.25) is 0 Å². The van der Waals surface area contributed by atoms with Gasteiger partial charge in [0.1, 0.15) is 0 Å². The van der Waals surface area contributed by atoms with Gasteiger partial charge in [-0.25, -0.2) is 19.5 Å². The van der Waals surface area contributed by atoms with Crippen LogP contribution in [0.5, 0.6) is 0 Å². The molecule has 5 rings (SSSR count). The lowest BCUT2D eigenvalue weighted by Crippen LogP contribution is -2.20. The molecule has 1 aliphatic heterocycles. The van der Waals surface area contributed by atoms with Crippen molar-refractivity contribution >= 4 is 11.7 Å². The summed E-state index contributed by atoms with van der Waals surface area (Å²) < 4.78 is 7.11. The summed E-state index contributed by atoms with van der Waals surface area (Å²) in [5.74, 6) is 2.44. The molecular formula is C18H17N7O. The van der Waals surface area contributed by atoms with Crippen molar-refractivity contribution in [1.82, 2.24) is 29.5 Å². The van der Waals surface area contributed by atoms with Crippen LogP contribution in [-0.2, 0) is 0 Å². The molecule has 0 aromatic carbocycles. The fourth-order valence-corrected chi connectivity index (χ4v) is 3.27. The Kier molecular flexibility index (Phi) is 3.41. The molecule has 130 valence electrons. The Morgan fingerprint density at radius 2 is 1.96 bits per heavy atom. The third-order valence-corrected chi connectivity index (χ3v) is 4.66. The van der Waals surface area contributed by atoms with Crippen LogP contribution in [0.25, 0.3) is 28.6 Å². The molecule has 1 fully saturated rings. The van der Waals surface area contributed by atoms with E-state index >= 15 is 0 Å². The molecule has 0 spiro atoms. The predicted octanol–water partition coefficient (Wildman–Crippen LogP) is 2.75. The number of aromatic nitrogens is 6. The number of anilines is 1. The summed E-state index contributed by atoms with van der Waals surface area (Å²) in [5.41, 5.74) is 2.67. The molecule has 0 unspecified atom stereocenters. The minimum atomic E-state index is 0.517. The zero-order valence-corrected chi connectivity index (χ0v) is 14.3. The maximum Gasteiger partial charge on any atom is 0.253 e. The Labute approximate surface area is 149 Å². The average Bonchev–Trinajstić information content (AvgIpc) is 3.42. The first-order valence-corrected chi connectivity index (χ1v) is 8.64. The molecule has 26 heavy (non-hydrogen) atoms. The van der Waals surface area contributed by atoms with E-state index in [0.29, 0.717) is 17.4 Å². The van der Waals surface area contributed by atoms with E-state index in [1.807, 2.05) is 25.1 Å². The molecule has 0 radical (unpaired) electrons. The lowest BCUT2D eigenvalue weighted by atomic mass is 10.2. The van der Waals surface area contributed by atoms with Crippen molar-refractivity contribution in [3.63, 3.8) is 0 Å². The van der Waals surface area contributed by atoms with E-state index in [1.54, 1.807) is 23.2 Å². The fourth-order valence-electron chi connectivity index (χ4n) is 3.27. The van der Waals surface area contributed by atoms with Gasteiger partial charge in [0.2, 0.25) is 11.8 Å². The molecule has 8 nitrogen and oxygen atoms in total. The van der Waals surface area contributed by atoms with Crippen LogP contribution in [-0.4, -0.2) is 42.6 Å². The van der Waals surface area contributed by atoms with Gasteiger partial charge in [0.05, 0.1) is 17.7 Å².